The summed E-state index contributed by atoms with van der Waals surface area (Å²) in [5.41, 5.74) is 19.2. The van der Waals surface area contributed by atoms with Gasteiger partial charge in [0.25, 0.3) is 0 Å². The van der Waals surface area contributed by atoms with E-state index in [0.29, 0.717) is 0 Å². The zero-order chi connectivity index (χ0) is 42.1. The largest absolute Gasteiger partial charge is 0.390 e. The highest BCUT2D eigenvalue weighted by Gasteiger charge is 2.27. The van der Waals surface area contributed by atoms with Crippen molar-refractivity contribution in [2.45, 2.75) is 107 Å². The van der Waals surface area contributed by atoms with Crippen molar-refractivity contribution in [3.05, 3.63) is 97.1 Å². The lowest BCUT2D eigenvalue weighted by atomic mass is 9.96. The van der Waals surface area contributed by atoms with Crippen molar-refractivity contribution < 1.29 is 0 Å². The van der Waals surface area contributed by atoms with Gasteiger partial charge in [-0.15, -0.1) is 0 Å². The van der Waals surface area contributed by atoms with E-state index in [1.807, 2.05) is 0 Å². The predicted octanol–water partition coefficient (Wildman–Crippen LogP) is 14.6. The molecule has 59 heavy (non-hydrogen) atoms. The molecule has 0 bridgehead atoms. The van der Waals surface area contributed by atoms with Gasteiger partial charge in [0, 0.05) is 97.6 Å². The molecule has 0 radical (unpaired) electrons. The maximum Gasteiger partial charge on any atom is 0.111 e. The lowest BCUT2D eigenvalue weighted by Gasteiger charge is -2.29. The molecule has 0 saturated heterocycles. The molecule has 0 atom stereocenters. The minimum Gasteiger partial charge on any atom is -0.390 e. The molecule has 2 N–H and O–H groups in total. The molecule has 7 heteroatoms. The minimum absolute atomic E-state index is 0.830. The number of anilines is 8. The van der Waals surface area contributed by atoms with Gasteiger partial charge in [0.15, 0.2) is 0 Å². The van der Waals surface area contributed by atoms with Gasteiger partial charge in [0.2, 0.25) is 0 Å². The van der Waals surface area contributed by atoms with Crippen LogP contribution < -0.4 is 30.2 Å². The summed E-state index contributed by atoms with van der Waals surface area (Å²) in [4.78, 5) is 12.5. The Hall–Kier alpha value is -4.62. The van der Waals surface area contributed by atoms with Gasteiger partial charge in [0.05, 0.1) is 5.00 Å². The number of hydrogen-bond donors (Lipinski definition) is 1. The number of nitrogens with two attached hydrogens (primary N) is 1. The van der Waals surface area contributed by atoms with Crippen LogP contribution in [0.3, 0.4) is 0 Å². The van der Waals surface area contributed by atoms with E-state index in [0.717, 1.165) is 136 Å². The van der Waals surface area contributed by atoms with Crippen LogP contribution in [0.25, 0.3) is 22.3 Å². The smallest absolute Gasteiger partial charge is 0.111 e. The highest BCUT2D eigenvalue weighted by Crippen LogP contribution is 2.54. The third-order valence-electron chi connectivity index (χ3n) is 11.1. The van der Waals surface area contributed by atoms with E-state index < -0.39 is 0 Å². The summed E-state index contributed by atoms with van der Waals surface area (Å²) in [6, 6.07) is 36.9. The van der Waals surface area contributed by atoms with Gasteiger partial charge in [-0.1, -0.05) is 91.0 Å². The van der Waals surface area contributed by atoms with Gasteiger partial charge in [-0.3, -0.25) is 0 Å². The lowest BCUT2D eigenvalue weighted by Crippen LogP contribution is -2.25. The van der Waals surface area contributed by atoms with E-state index in [-0.39, 0.29) is 0 Å². The van der Waals surface area contributed by atoms with Crippen LogP contribution in [0.1, 0.15) is 107 Å². The second kappa shape index (κ2) is 23.2. The topological polar surface area (TPSA) is 42.2 Å². The molecule has 1 aromatic heterocycles. The molecule has 5 aromatic rings. The Morgan fingerprint density at radius 3 is 0.847 bits per heavy atom. The molecule has 0 fully saturated rings. The van der Waals surface area contributed by atoms with Crippen molar-refractivity contribution in [3.8, 4) is 22.3 Å². The van der Waals surface area contributed by atoms with E-state index in [4.69, 9.17) is 5.73 Å². The van der Waals surface area contributed by atoms with Crippen molar-refractivity contribution >= 4 is 55.5 Å². The van der Waals surface area contributed by atoms with Crippen molar-refractivity contribution in [3.63, 3.8) is 0 Å². The number of hydrogen-bond acceptors (Lipinski definition) is 7. The molecular weight excluding hydrogens is 741 g/mol. The van der Waals surface area contributed by atoms with Crippen LogP contribution in [0.2, 0.25) is 0 Å². The fraction of sp³-hybridized carbons (Fsp3) is 0.462. The summed E-state index contributed by atoms with van der Waals surface area (Å²) in [6.45, 7) is 26.5. The second-order valence-corrected chi connectivity index (χ2v) is 17.0. The van der Waals surface area contributed by atoms with E-state index in [1.165, 1.54) is 33.9 Å². The fourth-order valence-corrected chi connectivity index (χ4v) is 9.63. The Balaban J connectivity index is 1.73. The molecule has 0 aliphatic heterocycles. The summed E-state index contributed by atoms with van der Waals surface area (Å²) in [7, 11) is 0. The van der Waals surface area contributed by atoms with Gasteiger partial charge in [0.1, 0.15) is 5.00 Å². The van der Waals surface area contributed by atoms with E-state index in [2.05, 4.69) is 177 Å². The molecule has 0 spiro atoms. The Labute approximate surface area is 362 Å². The molecule has 6 nitrogen and oxygen atoms in total. The van der Waals surface area contributed by atoms with Crippen molar-refractivity contribution in [1.29, 1.82) is 0 Å². The number of nitrogens with zero attached hydrogens (tertiary/aromatic N) is 5. The SMILES string of the molecule is CCCN(CCC)c1ccc(-c2c(N)sc(N(c3ccc(N(CCC)CCC)cc3)c3ccc(N(CCC)CCC)cc3)c2-c2ccc(N(CCC)CCC)cc2)cc1. The molecule has 0 saturated carbocycles. The highest BCUT2D eigenvalue weighted by atomic mass is 32.1. The first-order valence-electron chi connectivity index (χ1n) is 23.0. The molecule has 4 aromatic carbocycles. The average molecular weight is 815 g/mol. The van der Waals surface area contributed by atoms with E-state index >= 15 is 0 Å². The first-order chi connectivity index (χ1) is 28.8. The number of rotatable bonds is 25. The molecule has 0 aliphatic carbocycles. The summed E-state index contributed by atoms with van der Waals surface area (Å²) < 4.78 is 0. The Morgan fingerprint density at radius 2 is 0.576 bits per heavy atom. The molecule has 0 amide bonds. The number of benzene rings is 4. The monoisotopic (exact) mass is 815 g/mol. The quantitative estimate of drug-likeness (QED) is 0.0633. The average Bonchev–Trinajstić information content (AvgIpc) is 3.60. The maximum absolute atomic E-state index is 7.28. The molecular formula is C52H74N6S. The van der Waals surface area contributed by atoms with Gasteiger partial charge >= 0.3 is 0 Å². The van der Waals surface area contributed by atoms with Crippen LogP contribution in [0.5, 0.6) is 0 Å². The Kier molecular flexibility index (Phi) is 17.9. The number of thiophene rings is 1. The van der Waals surface area contributed by atoms with Crippen molar-refractivity contribution in [1.82, 2.24) is 0 Å². The zero-order valence-electron chi connectivity index (χ0n) is 37.8. The van der Waals surface area contributed by atoms with Crippen LogP contribution >= 0.6 is 11.3 Å². The summed E-state index contributed by atoms with van der Waals surface area (Å²) >= 11 is 1.70. The standard InChI is InChI=1S/C52H74N6S/c1-9-33-54(34-10-2)43-21-17-41(18-22-43)49-50(42-19-23-44(24-20-42)55(35-11-3)36-12-4)52(59-51(49)53)58(47-29-25-45(26-30-47)56(37-13-5)38-14-6)48-31-27-46(28-32-48)57(39-15-7)40-16-8/h17-32H,9-16,33-40,53H2,1-8H3. The fourth-order valence-electron chi connectivity index (χ4n) is 8.47. The first-order valence-corrected chi connectivity index (χ1v) is 23.8. The second-order valence-electron chi connectivity index (χ2n) is 15.9. The van der Waals surface area contributed by atoms with Crippen LogP contribution in [0.4, 0.5) is 44.1 Å². The van der Waals surface area contributed by atoms with Crippen molar-refractivity contribution in [2.75, 3.05) is 82.6 Å². The summed E-state index contributed by atoms with van der Waals surface area (Å²) in [5, 5.41) is 1.96. The zero-order valence-corrected chi connectivity index (χ0v) is 38.6. The van der Waals surface area contributed by atoms with Gasteiger partial charge in [-0.25, -0.2) is 0 Å². The minimum atomic E-state index is 0.830. The van der Waals surface area contributed by atoms with Gasteiger partial charge in [-0.05, 0) is 135 Å². The number of nitrogen functional groups attached to an aromatic ring is 1. The normalized spacial score (nSPS) is 11.2. The van der Waals surface area contributed by atoms with Gasteiger partial charge < -0.3 is 30.2 Å². The summed E-state index contributed by atoms with van der Waals surface area (Å²) in [5.74, 6) is 0. The Morgan fingerprint density at radius 1 is 0.339 bits per heavy atom. The molecule has 5 rings (SSSR count). The Bertz CT molecular complexity index is 1850. The first kappa shape index (κ1) is 45.5. The molecule has 0 unspecified atom stereocenters. The third-order valence-corrected chi connectivity index (χ3v) is 12.1. The molecule has 318 valence electrons. The van der Waals surface area contributed by atoms with Crippen LogP contribution in [0.15, 0.2) is 97.1 Å². The third kappa shape index (κ3) is 11.4. The molecule has 1 heterocycles. The molecule has 0 aliphatic rings. The van der Waals surface area contributed by atoms with Gasteiger partial charge in [-0.2, -0.15) is 0 Å². The maximum atomic E-state index is 7.28. The lowest BCUT2D eigenvalue weighted by molar-refractivity contribution is 0.745. The summed E-state index contributed by atoms with van der Waals surface area (Å²) in [6.07, 6.45) is 8.98. The van der Waals surface area contributed by atoms with E-state index in [1.54, 1.807) is 11.3 Å². The predicted molar refractivity (Wildman–Crippen MR) is 265 cm³/mol. The van der Waals surface area contributed by atoms with Crippen LogP contribution in [0, 0.1) is 0 Å². The van der Waals surface area contributed by atoms with Crippen molar-refractivity contribution in [2.24, 2.45) is 0 Å². The van der Waals surface area contributed by atoms with E-state index in [9.17, 15) is 0 Å². The highest BCUT2D eigenvalue weighted by molar-refractivity contribution is 7.21. The van der Waals surface area contributed by atoms with Crippen LogP contribution in [-0.4, -0.2) is 52.4 Å². The van der Waals surface area contributed by atoms with Crippen LogP contribution in [-0.2, 0) is 0 Å².